The van der Waals surface area contributed by atoms with Gasteiger partial charge in [-0.05, 0) is 26.0 Å². The Balaban J connectivity index is 2.18. The summed E-state index contributed by atoms with van der Waals surface area (Å²) in [4.78, 5) is 15.8. The number of aromatic nitrogens is 2. The molecular weight excluding hydrogens is 340 g/mol. The molecule has 0 aromatic carbocycles. The van der Waals surface area contributed by atoms with E-state index >= 15 is 0 Å². The maximum atomic E-state index is 12.0. The summed E-state index contributed by atoms with van der Waals surface area (Å²) in [5.74, 6) is -0.384. The molecule has 0 fully saturated rings. The summed E-state index contributed by atoms with van der Waals surface area (Å²) in [6.07, 6.45) is 2.68. The first-order chi connectivity index (χ1) is 10.8. The molecule has 23 heavy (non-hydrogen) atoms. The number of carbonyl (C=O) groups excluding carboxylic acids is 1. The van der Waals surface area contributed by atoms with Crippen LogP contribution in [0.4, 0.5) is 5.13 Å². The zero-order chi connectivity index (χ0) is 17.0. The fourth-order valence-corrected chi connectivity index (χ4v) is 3.11. The number of hydrogen-bond acceptors (Lipinski definition) is 8. The van der Waals surface area contributed by atoms with Gasteiger partial charge in [-0.2, -0.15) is 14.6 Å². The Labute approximate surface area is 136 Å². The average molecular weight is 352 g/mol. The third-order valence-electron chi connectivity index (χ3n) is 2.70. The highest BCUT2D eigenvalue weighted by atomic mass is 32.2. The minimum absolute atomic E-state index is 0.00480. The Bertz CT molecular complexity index is 873. The highest BCUT2D eigenvalue weighted by Gasteiger charge is 2.25. The molecule has 2 aromatic heterocycles. The SMILES string of the molecule is CC(C)S(=O)(=O)c1nsc(NC(=O)/C(C#N)=C\c2ccco2)n1. The van der Waals surface area contributed by atoms with E-state index in [4.69, 9.17) is 9.68 Å². The summed E-state index contributed by atoms with van der Waals surface area (Å²) in [6.45, 7) is 3.02. The summed E-state index contributed by atoms with van der Waals surface area (Å²) in [5.41, 5.74) is -0.205. The molecule has 0 bridgehead atoms. The standard InChI is InChI=1S/C13H12N4O4S2/c1-8(2)23(19,20)13-16-12(22-17-13)15-11(18)9(7-14)6-10-4-3-5-21-10/h3-6,8H,1-2H3,(H,15,16,17,18)/b9-6-. The number of amides is 1. The van der Waals surface area contributed by atoms with Gasteiger partial charge in [0, 0.05) is 17.6 Å². The molecule has 0 radical (unpaired) electrons. The zero-order valence-corrected chi connectivity index (χ0v) is 13.8. The first-order valence-corrected chi connectivity index (χ1v) is 8.71. The molecular formula is C13H12N4O4S2. The van der Waals surface area contributed by atoms with Gasteiger partial charge in [0.2, 0.25) is 15.0 Å². The van der Waals surface area contributed by atoms with Gasteiger partial charge in [0.05, 0.1) is 11.5 Å². The molecule has 8 nitrogen and oxygen atoms in total. The maximum absolute atomic E-state index is 12.0. The molecule has 0 saturated carbocycles. The Morgan fingerprint density at radius 3 is 2.83 bits per heavy atom. The lowest BCUT2D eigenvalue weighted by atomic mass is 10.2. The quantitative estimate of drug-likeness (QED) is 0.643. The number of nitrogens with zero attached hydrogens (tertiary/aromatic N) is 3. The molecule has 0 aliphatic heterocycles. The van der Waals surface area contributed by atoms with Crippen LogP contribution in [-0.2, 0) is 14.6 Å². The second-order valence-corrected chi connectivity index (χ2v) is 7.77. The molecule has 0 aliphatic rings. The molecule has 0 saturated heterocycles. The van der Waals surface area contributed by atoms with E-state index in [1.165, 1.54) is 26.2 Å². The molecule has 2 heterocycles. The van der Waals surface area contributed by atoms with Crippen LogP contribution < -0.4 is 5.32 Å². The molecule has 120 valence electrons. The van der Waals surface area contributed by atoms with Crippen LogP contribution in [0.15, 0.2) is 33.5 Å². The fraction of sp³-hybridized carbons (Fsp3) is 0.231. The summed E-state index contributed by atoms with van der Waals surface area (Å²) >= 11 is 0.726. The van der Waals surface area contributed by atoms with Gasteiger partial charge < -0.3 is 4.42 Å². The van der Waals surface area contributed by atoms with E-state index in [0.29, 0.717) is 5.76 Å². The lowest BCUT2D eigenvalue weighted by Gasteiger charge is -2.01. The van der Waals surface area contributed by atoms with Crippen LogP contribution in [0.2, 0.25) is 0 Å². The molecule has 1 amide bonds. The summed E-state index contributed by atoms with van der Waals surface area (Å²) in [7, 11) is -3.62. The lowest BCUT2D eigenvalue weighted by molar-refractivity contribution is -0.112. The van der Waals surface area contributed by atoms with Gasteiger partial charge in [-0.15, -0.1) is 0 Å². The topological polar surface area (TPSA) is 126 Å². The molecule has 0 unspecified atom stereocenters. The van der Waals surface area contributed by atoms with E-state index in [0.717, 1.165) is 11.5 Å². The first-order valence-electron chi connectivity index (χ1n) is 6.39. The number of nitriles is 1. The maximum Gasteiger partial charge on any atom is 0.268 e. The van der Waals surface area contributed by atoms with Crippen LogP contribution >= 0.6 is 11.5 Å². The van der Waals surface area contributed by atoms with Crippen molar-refractivity contribution >= 4 is 38.5 Å². The highest BCUT2D eigenvalue weighted by molar-refractivity contribution is 7.91. The summed E-state index contributed by atoms with van der Waals surface area (Å²) in [6, 6.07) is 4.95. The Morgan fingerprint density at radius 2 is 2.26 bits per heavy atom. The zero-order valence-electron chi connectivity index (χ0n) is 12.2. The van der Waals surface area contributed by atoms with E-state index in [-0.39, 0.29) is 15.9 Å². The van der Waals surface area contributed by atoms with Crippen molar-refractivity contribution in [3.63, 3.8) is 0 Å². The second kappa shape index (κ2) is 6.72. The van der Waals surface area contributed by atoms with Crippen LogP contribution in [0.25, 0.3) is 6.08 Å². The predicted molar refractivity (Wildman–Crippen MR) is 83.2 cm³/mol. The van der Waals surface area contributed by atoms with E-state index in [2.05, 4.69) is 14.7 Å². The molecule has 2 aromatic rings. The van der Waals surface area contributed by atoms with Gasteiger partial charge in [0.25, 0.3) is 11.1 Å². The average Bonchev–Trinajstić information content (AvgIpc) is 3.15. The Hall–Kier alpha value is -2.51. The molecule has 2 rings (SSSR count). The van der Waals surface area contributed by atoms with Gasteiger partial charge in [0.15, 0.2) is 0 Å². The van der Waals surface area contributed by atoms with Crippen LogP contribution in [0.1, 0.15) is 19.6 Å². The smallest absolute Gasteiger partial charge is 0.268 e. The van der Waals surface area contributed by atoms with Crippen LogP contribution in [0.5, 0.6) is 0 Å². The Morgan fingerprint density at radius 1 is 1.52 bits per heavy atom. The third-order valence-corrected chi connectivity index (χ3v) is 5.38. The van der Waals surface area contributed by atoms with Crippen LogP contribution in [-0.4, -0.2) is 28.9 Å². The van der Waals surface area contributed by atoms with Crippen molar-refractivity contribution in [2.24, 2.45) is 0 Å². The van der Waals surface area contributed by atoms with E-state index in [1.54, 1.807) is 18.2 Å². The van der Waals surface area contributed by atoms with E-state index < -0.39 is 21.0 Å². The molecule has 1 N–H and O–H groups in total. The molecule has 0 aliphatic carbocycles. The van der Waals surface area contributed by atoms with Crippen molar-refractivity contribution in [3.8, 4) is 6.07 Å². The van der Waals surface area contributed by atoms with Crippen molar-refractivity contribution in [1.82, 2.24) is 9.36 Å². The molecule has 0 spiro atoms. The van der Waals surface area contributed by atoms with Crippen molar-refractivity contribution in [2.75, 3.05) is 5.32 Å². The normalized spacial score (nSPS) is 12.2. The largest absolute Gasteiger partial charge is 0.465 e. The number of sulfone groups is 1. The van der Waals surface area contributed by atoms with E-state index in [9.17, 15) is 13.2 Å². The summed E-state index contributed by atoms with van der Waals surface area (Å²) < 4.78 is 32.6. The fourth-order valence-electron chi connectivity index (χ4n) is 1.42. The monoisotopic (exact) mass is 352 g/mol. The van der Waals surface area contributed by atoms with Gasteiger partial charge in [-0.1, -0.05) is 0 Å². The summed E-state index contributed by atoms with van der Waals surface area (Å²) in [5, 5.41) is 10.4. The van der Waals surface area contributed by atoms with Crippen molar-refractivity contribution in [1.29, 1.82) is 5.26 Å². The first kappa shape index (κ1) is 16.9. The highest BCUT2D eigenvalue weighted by Crippen LogP contribution is 2.19. The van der Waals surface area contributed by atoms with Crippen molar-refractivity contribution in [2.45, 2.75) is 24.3 Å². The van der Waals surface area contributed by atoms with Gasteiger partial charge >= 0.3 is 0 Å². The minimum Gasteiger partial charge on any atom is -0.465 e. The van der Waals surface area contributed by atoms with Crippen LogP contribution in [0, 0.1) is 11.3 Å². The number of furan rings is 1. The second-order valence-electron chi connectivity index (χ2n) is 4.62. The molecule has 0 atom stereocenters. The van der Waals surface area contributed by atoms with Gasteiger partial charge in [-0.25, -0.2) is 8.42 Å². The number of hydrogen-bond donors (Lipinski definition) is 1. The Kier molecular flexibility index (Phi) is 4.92. The minimum atomic E-state index is -3.62. The van der Waals surface area contributed by atoms with E-state index in [1.807, 2.05) is 0 Å². The lowest BCUT2D eigenvalue weighted by Crippen LogP contribution is -2.16. The number of carbonyl (C=O) groups is 1. The van der Waals surface area contributed by atoms with Crippen LogP contribution in [0.3, 0.4) is 0 Å². The molecule has 10 heteroatoms. The third kappa shape index (κ3) is 3.82. The number of nitrogens with one attached hydrogen (secondary N) is 1. The van der Waals surface area contributed by atoms with Crippen molar-refractivity contribution < 1.29 is 17.6 Å². The van der Waals surface area contributed by atoms with Gasteiger partial charge in [0.1, 0.15) is 17.4 Å². The van der Waals surface area contributed by atoms with Gasteiger partial charge in [-0.3, -0.25) is 10.1 Å². The number of anilines is 1. The number of rotatable bonds is 5. The van der Waals surface area contributed by atoms with Crippen molar-refractivity contribution in [3.05, 3.63) is 29.7 Å². The predicted octanol–water partition coefficient (Wildman–Crippen LogP) is 1.86.